The molecule has 0 bridgehead atoms. The van der Waals surface area contributed by atoms with Crippen molar-refractivity contribution in [2.24, 2.45) is 0 Å². The van der Waals surface area contributed by atoms with E-state index in [0.717, 1.165) is 109 Å². The topological polar surface area (TPSA) is 78.9 Å². The van der Waals surface area contributed by atoms with Gasteiger partial charge in [0, 0.05) is 19.3 Å². The maximum atomic E-state index is 12.8. The Kier molecular flexibility index (Phi) is 54.3. The highest BCUT2D eigenvalue weighted by Crippen LogP contribution is 2.17. The van der Waals surface area contributed by atoms with Crippen molar-refractivity contribution in [1.29, 1.82) is 0 Å². The minimum atomic E-state index is -0.780. The highest BCUT2D eigenvalue weighted by Gasteiger charge is 2.19. The van der Waals surface area contributed by atoms with Crippen LogP contribution in [0.25, 0.3) is 0 Å². The van der Waals surface area contributed by atoms with Gasteiger partial charge in [-0.1, -0.05) is 274 Å². The van der Waals surface area contributed by atoms with E-state index in [1.54, 1.807) is 0 Å². The van der Waals surface area contributed by atoms with E-state index >= 15 is 0 Å². The van der Waals surface area contributed by atoms with E-state index in [1.165, 1.54) is 148 Å². The third kappa shape index (κ3) is 54.1. The molecule has 0 spiro atoms. The summed E-state index contributed by atoms with van der Waals surface area (Å²) in [5.74, 6) is -0.897. The molecule has 0 saturated heterocycles. The molecule has 1 unspecified atom stereocenters. The number of esters is 3. The van der Waals surface area contributed by atoms with Crippen LogP contribution in [0.1, 0.15) is 297 Å². The number of ether oxygens (including phenoxy) is 3. The van der Waals surface area contributed by atoms with Gasteiger partial charge in [0.15, 0.2) is 6.10 Å². The maximum absolute atomic E-state index is 12.8. The van der Waals surface area contributed by atoms with Gasteiger partial charge in [0.2, 0.25) is 0 Å². The molecular formula is C62H110O6. The molecule has 0 radical (unpaired) electrons. The lowest BCUT2D eigenvalue weighted by molar-refractivity contribution is -0.167. The van der Waals surface area contributed by atoms with Crippen molar-refractivity contribution in [1.82, 2.24) is 0 Å². The van der Waals surface area contributed by atoms with Gasteiger partial charge in [-0.25, -0.2) is 0 Å². The van der Waals surface area contributed by atoms with Crippen molar-refractivity contribution < 1.29 is 28.6 Å². The van der Waals surface area contributed by atoms with Crippen LogP contribution < -0.4 is 0 Å². The third-order valence-electron chi connectivity index (χ3n) is 12.8. The summed E-state index contributed by atoms with van der Waals surface area (Å²) in [6.07, 6.45) is 71.1. The fourth-order valence-electron chi connectivity index (χ4n) is 8.41. The summed E-state index contributed by atoms with van der Waals surface area (Å²) in [5.41, 5.74) is 0. The van der Waals surface area contributed by atoms with Gasteiger partial charge in [-0.3, -0.25) is 14.4 Å². The van der Waals surface area contributed by atoms with E-state index in [4.69, 9.17) is 14.2 Å². The fourth-order valence-corrected chi connectivity index (χ4v) is 8.41. The first-order valence-corrected chi connectivity index (χ1v) is 29.3. The second-order valence-corrected chi connectivity index (χ2v) is 19.5. The standard InChI is InChI=1S/C62H110O6/c1-4-7-10-13-16-18-20-22-24-26-28-30-31-33-34-36-38-40-42-44-46-49-52-55-61(64)67-58-59(57-66-60(63)54-51-48-15-12-9-6-3)68-62(65)56-53-50-47-45-43-41-39-37-35-32-29-27-25-23-21-19-17-14-11-8-5-2/h8,11,17,19,23,25,29,32,37,39,59H,4-7,9-10,12-16,18,20-22,24,26-28,30-31,33-36,38,40-58H2,1-3H3/b11-8-,19-17-,25-23-,32-29-,39-37-. The second kappa shape index (κ2) is 56.7. The highest BCUT2D eigenvalue weighted by molar-refractivity contribution is 5.71. The number of hydrogen-bond donors (Lipinski definition) is 0. The third-order valence-corrected chi connectivity index (χ3v) is 12.8. The number of unbranched alkanes of at least 4 members (excludes halogenated alkanes) is 32. The summed E-state index contributed by atoms with van der Waals surface area (Å²) in [6, 6.07) is 0. The minimum Gasteiger partial charge on any atom is -0.462 e. The van der Waals surface area contributed by atoms with Gasteiger partial charge < -0.3 is 14.2 Å². The molecule has 0 amide bonds. The van der Waals surface area contributed by atoms with E-state index < -0.39 is 6.10 Å². The first-order chi connectivity index (χ1) is 33.5. The number of hydrogen-bond acceptors (Lipinski definition) is 6. The van der Waals surface area contributed by atoms with Gasteiger partial charge in [-0.05, 0) is 64.2 Å². The van der Waals surface area contributed by atoms with E-state index in [2.05, 4.69) is 81.5 Å². The predicted molar refractivity (Wildman–Crippen MR) is 293 cm³/mol. The number of carbonyl (C=O) groups excluding carboxylic acids is 3. The van der Waals surface area contributed by atoms with Crippen molar-refractivity contribution in [3.8, 4) is 0 Å². The zero-order chi connectivity index (χ0) is 49.3. The Balaban J connectivity index is 4.14. The van der Waals surface area contributed by atoms with E-state index in [1.807, 2.05) is 0 Å². The average Bonchev–Trinajstić information content (AvgIpc) is 3.34. The molecule has 68 heavy (non-hydrogen) atoms. The monoisotopic (exact) mass is 951 g/mol. The molecule has 0 aromatic carbocycles. The smallest absolute Gasteiger partial charge is 0.306 e. The Bertz CT molecular complexity index is 1230. The molecule has 394 valence electrons. The molecule has 6 heteroatoms. The second-order valence-electron chi connectivity index (χ2n) is 19.5. The molecule has 1 atom stereocenters. The minimum absolute atomic E-state index is 0.0793. The molecule has 0 saturated carbocycles. The van der Waals surface area contributed by atoms with Crippen molar-refractivity contribution in [3.05, 3.63) is 60.8 Å². The summed E-state index contributed by atoms with van der Waals surface area (Å²) in [7, 11) is 0. The molecule has 0 aliphatic carbocycles. The molecule has 0 aromatic heterocycles. The summed E-state index contributed by atoms with van der Waals surface area (Å²) >= 11 is 0. The molecule has 0 aliphatic rings. The van der Waals surface area contributed by atoms with Crippen LogP contribution in [0.2, 0.25) is 0 Å². The summed E-state index contributed by atoms with van der Waals surface area (Å²) in [6.45, 7) is 6.48. The first-order valence-electron chi connectivity index (χ1n) is 29.3. The average molecular weight is 952 g/mol. The molecule has 0 aliphatic heterocycles. The zero-order valence-electron chi connectivity index (χ0n) is 45.1. The Morgan fingerprint density at radius 3 is 0.897 bits per heavy atom. The number of rotatable bonds is 53. The van der Waals surface area contributed by atoms with E-state index in [9.17, 15) is 14.4 Å². The summed E-state index contributed by atoms with van der Waals surface area (Å²) < 4.78 is 16.8. The lowest BCUT2D eigenvalue weighted by atomic mass is 10.0. The fraction of sp³-hybridized carbons (Fsp3) is 0.790. The number of allylic oxidation sites excluding steroid dienone is 10. The van der Waals surface area contributed by atoms with Crippen molar-refractivity contribution in [3.63, 3.8) is 0 Å². The Labute approximate surface area is 421 Å². The van der Waals surface area contributed by atoms with Gasteiger partial charge >= 0.3 is 17.9 Å². The van der Waals surface area contributed by atoms with Crippen LogP contribution in [0.3, 0.4) is 0 Å². The first kappa shape index (κ1) is 65.1. The van der Waals surface area contributed by atoms with Gasteiger partial charge in [-0.15, -0.1) is 0 Å². The summed E-state index contributed by atoms with van der Waals surface area (Å²) in [5, 5.41) is 0. The predicted octanol–water partition coefficient (Wildman–Crippen LogP) is 19.6. The van der Waals surface area contributed by atoms with Crippen LogP contribution >= 0.6 is 0 Å². The van der Waals surface area contributed by atoms with Crippen molar-refractivity contribution in [2.45, 2.75) is 303 Å². The molecule has 0 aromatic rings. The van der Waals surface area contributed by atoms with Crippen LogP contribution in [-0.4, -0.2) is 37.2 Å². The SMILES string of the molecule is CC/C=C\C/C=C\C/C=C\C/C=C\C/C=C\CCCCCCCC(=O)OC(COC(=O)CCCCCCCC)COC(=O)CCCCCCCCCCCCCCCCCCCCCCCCC. The van der Waals surface area contributed by atoms with Crippen LogP contribution in [0, 0.1) is 0 Å². The van der Waals surface area contributed by atoms with Gasteiger partial charge in [-0.2, -0.15) is 0 Å². The molecule has 0 rings (SSSR count). The molecule has 0 heterocycles. The van der Waals surface area contributed by atoms with Crippen LogP contribution in [0.4, 0.5) is 0 Å². The Morgan fingerprint density at radius 2 is 0.574 bits per heavy atom. The quantitative estimate of drug-likeness (QED) is 0.0262. The molecular weight excluding hydrogens is 841 g/mol. The van der Waals surface area contributed by atoms with Gasteiger partial charge in [0.05, 0.1) is 0 Å². The molecule has 6 nitrogen and oxygen atoms in total. The maximum Gasteiger partial charge on any atom is 0.306 e. The van der Waals surface area contributed by atoms with E-state index in [-0.39, 0.29) is 31.1 Å². The molecule has 0 N–H and O–H groups in total. The normalized spacial score (nSPS) is 12.5. The molecule has 0 fully saturated rings. The highest BCUT2D eigenvalue weighted by atomic mass is 16.6. The lowest BCUT2D eigenvalue weighted by Gasteiger charge is -2.18. The number of carbonyl (C=O) groups is 3. The lowest BCUT2D eigenvalue weighted by Crippen LogP contribution is -2.30. The van der Waals surface area contributed by atoms with Crippen LogP contribution in [-0.2, 0) is 28.6 Å². The van der Waals surface area contributed by atoms with Crippen molar-refractivity contribution in [2.75, 3.05) is 13.2 Å². The van der Waals surface area contributed by atoms with Crippen LogP contribution in [0.15, 0.2) is 60.8 Å². The zero-order valence-corrected chi connectivity index (χ0v) is 45.1. The van der Waals surface area contributed by atoms with E-state index in [0.29, 0.717) is 19.3 Å². The largest absolute Gasteiger partial charge is 0.462 e. The Hall–Kier alpha value is -2.89. The van der Waals surface area contributed by atoms with Crippen LogP contribution in [0.5, 0.6) is 0 Å². The van der Waals surface area contributed by atoms with Crippen molar-refractivity contribution >= 4 is 17.9 Å². The van der Waals surface area contributed by atoms with Gasteiger partial charge in [0.1, 0.15) is 13.2 Å². The van der Waals surface area contributed by atoms with Gasteiger partial charge in [0.25, 0.3) is 0 Å². The Morgan fingerprint density at radius 1 is 0.309 bits per heavy atom. The summed E-state index contributed by atoms with van der Waals surface area (Å²) in [4.78, 5) is 37.9.